The normalized spacial score (nSPS) is 8.76. The number of rotatable bonds is 5. The van der Waals surface area contributed by atoms with Crippen molar-refractivity contribution in [2.24, 2.45) is 30.0 Å². The Morgan fingerprint density at radius 1 is 0.882 bits per heavy atom. The van der Waals surface area contributed by atoms with Gasteiger partial charge in [0.05, 0.1) is 6.33 Å². The van der Waals surface area contributed by atoms with Crippen molar-refractivity contribution < 1.29 is 0 Å². The van der Waals surface area contributed by atoms with Crippen molar-refractivity contribution in [3.63, 3.8) is 0 Å². The standard InChI is InChI=1S/C4H6N2.C4H12N2.C3H10N2/c1-6-3-2-5-4-6;5-3-1-2-4-6;4-2-1-3-5/h2-4H,1H3;1-6H2;1-5H2. The van der Waals surface area contributed by atoms with Crippen LogP contribution in [0.2, 0.25) is 0 Å². The van der Waals surface area contributed by atoms with Crippen molar-refractivity contribution in [1.29, 1.82) is 0 Å². The van der Waals surface area contributed by atoms with Crippen molar-refractivity contribution in [3.05, 3.63) is 18.7 Å². The van der Waals surface area contributed by atoms with E-state index in [9.17, 15) is 0 Å². The highest BCUT2D eigenvalue weighted by Crippen LogP contribution is 1.77. The van der Waals surface area contributed by atoms with Gasteiger partial charge in [0.15, 0.2) is 0 Å². The van der Waals surface area contributed by atoms with Gasteiger partial charge in [-0.1, -0.05) is 0 Å². The molecule has 0 fully saturated rings. The molecule has 0 aromatic carbocycles. The predicted molar refractivity (Wildman–Crippen MR) is 73.3 cm³/mol. The number of nitrogens with two attached hydrogens (primary N) is 4. The Bertz CT molecular complexity index is 194. The third-order valence-corrected chi connectivity index (χ3v) is 1.70. The molecule has 0 spiro atoms. The van der Waals surface area contributed by atoms with Gasteiger partial charge in [0.2, 0.25) is 0 Å². The maximum absolute atomic E-state index is 5.16. The zero-order valence-electron chi connectivity index (χ0n) is 10.9. The SMILES string of the molecule is Cn1ccnc1.NCCCCN.NCCCN. The summed E-state index contributed by atoms with van der Waals surface area (Å²) in [5.41, 5.74) is 20.4. The van der Waals surface area contributed by atoms with E-state index < -0.39 is 0 Å². The minimum absolute atomic E-state index is 0.719. The topological polar surface area (TPSA) is 122 Å². The average Bonchev–Trinajstić information content (AvgIpc) is 2.80. The van der Waals surface area contributed by atoms with Crippen LogP contribution in [-0.2, 0) is 7.05 Å². The van der Waals surface area contributed by atoms with Gasteiger partial charge in [-0.25, -0.2) is 4.98 Å². The average molecular weight is 244 g/mol. The first-order chi connectivity index (χ1) is 8.22. The molecule has 0 atom stereocenters. The maximum Gasteiger partial charge on any atom is 0.0943 e. The van der Waals surface area contributed by atoms with Gasteiger partial charge in [-0.2, -0.15) is 0 Å². The molecule has 1 rings (SSSR count). The van der Waals surface area contributed by atoms with Crippen molar-refractivity contribution in [2.75, 3.05) is 26.2 Å². The second kappa shape index (κ2) is 17.4. The summed E-state index contributed by atoms with van der Waals surface area (Å²) >= 11 is 0. The number of aryl methyl sites for hydroxylation is 1. The molecule has 0 bridgehead atoms. The van der Waals surface area contributed by atoms with Crippen LogP contribution < -0.4 is 22.9 Å². The van der Waals surface area contributed by atoms with Crippen LogP contribution in [0.15, 0.2) is 18.7 Å². The number of aromatic nitrogens is 2. The lowest BCUT2D eigenvalue weighted by Crippen LogP contribution is -2.06. The lowest BCUT2D eigenvalue weighted by Gasteiger charge is -1.87. The Kier molecular flexibility index (Phi) is 18.9. The molecule has 0 unspecified atom stereocenters. The highest BCUT2D eigenvalue weighted by Gasteiger charge is 1.75. The first kappa shape index (κ1) is 18.4. The van der Waals surface area contributed by atoms with E-state index in [1.165, 1.54) is 0 Å². The summed E-state index contributed by atoms with van der Waals surface area (Å²) in [6.07, 6.45) is 8.47. The zero-order valence-corrected chi connectivity index (χ0v) is 10.9. The molecule has 17 heavy (non-hydrogen) atoms. The molecule has 0 amide bonds. The van der Waals surface area contributed by atoms with Crippen molar-refractivity contribution in [2.45, 2.75) is 19.3 Å². The quantitative estimate of drug-likeness (QED) is 0.515. The molecule has 1 heterocycles. The van der Waals surface area contributed by atoms with Gasteiger partial charge in [0.25, 0.3) is 0 Å². The smallest absolute Gasteiger partial charge is 0.0943 e. The molecule has 0 saturated carbocycles. The molecule has 0 aliphatic carbocycles. The van der Waals surface area contributed by atoms with Crippen LogP contribution in [0.25, 0.3) is 0 Å². The van der Waals surface area contributed by atoms with E-state index in [1.54, 1.807) is 12.5 Å². The van der Waals surface area contributed by atoms with Gasteiger partial charge >= 0.3 is 0 Å². The molecule has 0 aliphatic heterocycles. The molecule has 6 nitrogen and oxygen atoms in total. The number of hydrogen-bond donors (Lipinski definition) is 4. The second-order valence-electron chi connectivity index (χ2n) is 3.44. The van der Waals surface area contributed by atoms with E-state index in [0.717, 1.165) is 45.4 Å². The van der Waals surface area contributed by atoms with E-state index in [4.69, 9.17) is 22.9 Å². The molecular weight excluding hydrogens is 216 g/mol. The van der Waals surface area contributed by atoms with Gasteiger partial charge in [0.1, 0.15) is 0 Å². The predicted octanol–water partition coefficient (Wildman–Crippen LogP) is -0.602. The van der Waals surface area contributed by atoms with Crippen LogP contribution >= 0.6 is 0 Å². The van der Waals surface area contributed by atoms with E-state index in [1.807, 2.05) is 17.8 Å². The van der Waals surface area contributed by atoms with Crippen LogP contribution in [0.4, 0.5) is 0 Å². The van der Waals surface area contributed by atoms with Crippen molar-refractivity contribution in [3.8, 4) is 0 Å². The highest BCUT2D eigenvalue weighted by molar-refractivity contribution is 4.70. The summed E-state index contributed by atoms with van der Waals surface area (Å²) in [5.74, 6) is 0. The Labute approximate surface area is 104 Å². The molecule has 102 valence electrons. The van der Waals surface area contributed by atoms with Gasteiger partial charge in [-0.3, -0.25) is 0 Å². The Hall–Kier alpha value is -0.950. The molecule has 0 aliphatic rings. The molecule has 1 aromatic heterocycles. The Morgan fingerprint density at radius 2 is 1.35 bits per heavy atom. The van der Waals surface area contributed by atoms with E-state index in [2.05, 4.69) is 4.98 Å². The molecule has 6 heteroatoms. The summed E-state index contributed by atoms with van der Waals surface area (Å²) in [4.78, 5) is 3.78. The van der Waals surface area contributed by atoms with Crippen LogP contribution in [-0.4, -0.2) is 35.7 Å². The summed E-state index contributed by atoms with van der Waals surface area (Å²) in [5, 5.41) is 0. The van der Waals surface area contributed by atoms with Crippen LogP contribution in [0.3, 0.4) is 0 Å². The van der Waals surface area contributed by atoms with Crippen LogP contribution in [0, 0.1) is 0 Å². The molecular formula is C11H28N6. The van der Waals surface area contributed by atoms with Gasteiger partial charge in [-0.15, -0.1) is 0 Å². The van der Waals surface area contributed by atoms with E-state index >= 15 is 0 Å². The summed E-state index contributed by atoms with van der Waals surface area (Å²) in [6, 6.07) is 0. The summed E-state index contributed by atoms with van der Waals surface area (Å²) < 4.78 is 1.89. The number of hydrogen-bond acceptors (Lipinski definition) is 5. The highest BCUT2D eigenvalue weighted by atomic mass is 15.0. The van der Waals surface area contributed by atoms with Gasteiger partial charge in [0, 0.05) is 19.4 Å². The molecule has 1 aromatic rings. The Balaban J connectivity index is 0. The first-order valence-corrected chi connectivity index (χ1v) is 5.95. The fraction of sp³-hybridized carbons (Fsp3) is 0.727. The minimum Gasteiger partial charge on any atom is -0.341 e. The molecule has 0 radical (unpaired) electrons. The van der Waals surface area contributed by atoms with Crippen LogP contribution in [0.5, 0.6) is 0 Å². The summed E-state index contributed by atoms with van der Waals surface area (Å²) in [6.45, 7) is 2.99. The molecule has 8 N–H and O–H groups in total. The first-order valence-electron chi connectivity index (χ1n) is 5.95. The van der Waals surface area contributed by atoms with Gasteiger partial charge < -0.3 is 27.5 Å². The lowest BCUT2D eigenvalue weighted by molar-refractivity contribution is 0.755. The maximum atomic E-state index is 5.16. The second-order valence-corrected chi connectivity index (χ2v) is 3.44. The van der Waals surface area contributed by atoms with Gasteiger partial charge in [-0.05, 0) is 45.4 Å². The monoisotopic (exact) mass is 244 g/mol. The number of unbranched alkanes of at least 4 members (excludes halogenated alkanes) is 1. The fourth-order valence-electron chi connectivity index (χ4n) is 0.732. The fourth-order valence-corrected chi connectivity index (χ4v) is 0.732. The van der Waals surface area contributed by atoms with Crippen molar-refractivity contribution in [1.82, 2.24) is 9.55 Å². The third kappa shape index (κ3) is 21.0. The zero-order chi connectivity index (χ0) is 13.4. The van der Waals surface area contributed by atoms with E-state index in [-0.39, 0.29) is 0 Å². The van der Waals surface area contributed by atoms with Crippen molar-refractivity contribution >= 4 is 0 Å². The largest absolute Gasteiger partial charge is 0.341 e. The Morgan fingerprint density at radius 3 is 1.47 bits per heavy atom. The minimum atomic E-state index is 0.719. The lowest BCUT2D eigenvalue weighted by atomic mass is 10.3. The molecule has 0 saturated heterocycles. The van der Waals surface area contributed by atoms with Crippen LogP contribution in [0.1, 0.15) is 19.3 Å². The summed E-state index contributed by atoms with van der Waals surface area (Å²) in [7, 11) is 1.94. The number of imidazole rings is 1. The third-order valence-electron chi connectivity index (χ3n) is 1.70. The van der Waals surface area contributed by atoms with E-state index in [0.29, 0.717) is 0 Å². The number of nitrogens with zero attached hydrogens (tertiary/aromatic N) is 2.